The van der Waals surface area contributed by atoms with Crippen molar-refractivity contribution in [1.82, 2.24) is 20.1 Å². The highest BCUT2D eigenvalue weighted by atomic mass is 32.2. The number of hydrogen-bond acceptors (Lipinski definition) is 9. The normalized spacial score (nSPS) is 15.7. The first-order valence-corrected chi connectivity index (χ1v) is 15.0. The molecule has 1 fully saturated rings. The first-order chi connectivity index (χ1) is 18.9. The summed E-state index contributed by atoms with van der Waals surface area (Å²) in [6, 6.07) is 8.07. The summed E-state index contributed by atoms with van der Waals surface area (Å²) in [7, 11) is -3.88. The fraction of sp³-hybridized carbons (Fsp3) is 0.308. The number of alkyl halides is 3. The van der Waals surface area contributed by atoms with Gasteiger partial charge in [-0.15, -0.1) is 0 Å². The summed E-state index contributed by atoms with van der Waals surface area (Å²) in [6.45, 7) is 3.22. The number of aliphatic hydroxyl groups excluding tert-OH is 1. The summed E-state index contributed by atoms with van der Waals surface area (Å²) < 4.78 is 66.4. The molecule has 0 unspecified atom stereocenters. The Labute approximate surface area is 232 Å². The highest BCUT2D eigenvalue weighted by Gasteiger charge is 2.34. The molecule has 0 spiro atoms. The van der Waals surface area contributed by atoms with Gasteiger partial charge in [-0.25, -0.2) is 8.42 Å². The number of H-pyrrole nitrogens is 1. The number of β-amino-alcohol motifs (C(OH)–C–C–N with tert-alkyl or cyclic N) is 1. The third-order valence-corrected chi connectivity index (χ3v) is 8.96. The average molecular weight is 594 g/mol. The van der Waals surface area contributed by atoms with Crippen molar-refractivity contribution in [3.8, 4) is 5.88 Å². The van der Waals surface area contributed by atoms with E-state index in [0.717, 1.165) is 40.6 Å². The van der Waals surface area contributed by atoms with E-state index in [-0.39, 0.29) is 22.9 Å². The van der Waals surface area contributed by atoms with Gasteiger partial charge in [-0.2, -0.15) is 23.3 Å². The Hall–Kier alpha value is -3.46. The second-order valence-corrected chi connectivity index (χ2v) is 12.4. The number of sulfone groups is 1. The van der Waals surface area contributed by atoms with Crippen LogP contribution >= 0.6 is 11.3 Å². The second kappa shape index (κ2) is 10.8. The molecule has 9 nitrogen and oxygen atoms in total. The largest absolute Gasteiger partial charge is 0.492 e. The van der Waals surface area contributed by atoms with E-state index in [1.165, 1.54) is 6.08 Å². The predicted molar refractivity (Wildman–Crippen MR) is 147 cm³/mol. The summed E-state index contributed by atoms with van der Waals surface area (Å²) in [4.78, 5) is 8.26. The lowest BCUT2D eigenvalue weighted by Gasteiger charge is -2.34. The van der Waals surface area contributed by atoms with E-state index in [4.69, 9.17) is 0 Å². The number of nitrogens with one attached hydrogen (secondary N) is 1. The van der Waals surface area contributed by atoms with Crippen LogP contribution in [0.1, 0.15) is 21.6 Å². The Kier molecular flexibility index (Phi) is 7.61. The molecule has 2 aromatic carbocycles. The van der Waals surface area contributed by atoms with Gasteiger partial charge in [0.15, 0.2) is 15.0 Å². The first kappa shape index (κ1) is 28.1. The monoisotopic (exact) mass is 593 g/mol. The quantitative estimate of drug-likeness (QED) is 0.276. The zero-order valence-electron chi connectivity index (χ0n) is 21.3. The molecule has 0 amide bonds. The van der Waals surface area contributed by atoms with Crippen molar-refractivity contribution >= 4 is 48.9 Å². The van der Waals surface area contributed by atoms with Crippen LogP contribution in [0.15, 0.2) is 47.5 Å². The fourth-order valence-corrected chi connectivity index (χ4v) is 6.30. The molecular weight excluding hydrogens is 567 g/mol. The highest BCUT2D eigenvalue weighted by molar-refractivity contribution is 7.90. The number of nitrogens with zero attached hydrogens (tertiary/aromatic N) is 4. The summed E-state index contributed by atoms with van der Waals surface area (Å²) >= 11 is 1.16. The molecule has 4 aromatic rings. The van der Waals surface area contributed by atoms with Gasteiger partial charge in [0.25, 0.3) is 0 Å². The zero-order valence-corrected chi connectivity index (χ0v) is 22.9. The molecule has 1 aliphatic rings. The lowest BCUT2D eigenvalue weighted by atomic mass is 9.97. The highest BCUT2D eigenvalue weighted by Crippen LogP contribution is 2.42. The molecule has 0 saturated carbocycles. The number of hydrogen-bond donors (Lipinski definition) is 3. The van der Waals surface area contributed by atoms with Gasteiger partial charge < -0.3 is 15.1 Å². The van der Waals surface area contributed by atoms with Crippen LogP contribution in [0.2, 0.25) is 0 Å². The minimum atomic E-state index is -4.83. The summed E-state index contributed by atoms with van der Waals surface area (Å²) in [5, 5.41) is 28.2. The number of piperazine rings is 1. The van der Waals surface area contributed by atoms with Gasteiger partial charge >= 0.3 is 6.18 Å². The molecule has 0 bridgehead atoms. The number of rotatable bonds is 7. The third-order valence-electron chi connectivity index (χ3n) is 6.71. The second-order valence-electron chi connectivity index (χ2n) is 9.45. The lowest BCUT2D eigenvalue weighted by Crippen LogP contribution is -2.47. The molecule has 5 rings (SSSR count). The van der Waals surface area contributed by atoms with Crippen LogP contribution in [0.5, 0.6) is 5.88 Å². The van der Waals surface area contributed by atoms with E-state index in [0.29, 0.717) is 55.1 Å². The Bertz CT molecular complexity index is 1670. The molecule has 40 heavy (non-hydrogen) atoms. The number of aliphatic hydroxyl groups is 1. The molecule has 0 radical (unpaired) electrons. The van der Waals surface area contributed by atoms with Crippen LogP contribution in [-0.2, 0) is 16.0 Å². The minimum absolute atomic E-state index is 0.0580. The van der Waals surface area contributed by atoms with Gasteiger partial charge in [-0.1, -0.05) is 23.5 Å². The van der Waals surface area contributed by atoms with Crippen LogP contribution in [-0.4, -0.2) is 84.3 Å². The van der Waals surface area contributed by atoms with E-state index >= 15 is 0 Å². The number of fused-ring (bicyclic) bond motifs is 1. The van der Waals surface area contributed by atoms with Crippen molar-refractivity contribution in [1.29, 1.82) is 0 Å². The number of thiazole rings is 1. The van der Waals surface area contributed by atoms with Gasteiger partial charge in [-0.3, -0.25) is 10.00 Å². The Morgan fingerprint density at radius 2 is 1.90 bits per heavy atom. The van der Waals surface area contributed by atoms with Crippen LogP contribution < -0.4 is 4.90 Å². The van der Waals surface area contributed by atoms with Gasteiger partial charge in [0.05, 0.1) is 28.8 Å². The van der Waals surface area contributed by atoms with Crippen molar-refractivity contribution in [2.75, 3.05) is 50.5 Å². The summed E-state index contributed by atoms with van der Waals surface area (Å²) in [6.07, 6.45) is -1.10. The zero-order chi connectivity index (χ0) is 28.7. The number of aromatic amines is 1. The molecule has 2 aromatic heterocycles. The Balaban J connectivity index is 1.63. The van der Waals surface area contributed by atoms with E-state index < -0.39 is 26.5 Å². The van der Waals surface area contributed by atoms with Crippen LogP contribution in [0, 0.1) is 0 Å². The molecule has 3 heterocycles. The van der Waals surface area contributed by atoms with Crippen LogP contribution in [0.3, 0.4) is 0 Å². The summed E-state index contributed by atoms with van der Waals surface area (Å²) in [5.41, 5.74) is 0.176. The van der Waals surface area contributed by atoms with Crippen molar-refractivity contribution in [3.63, 3.8) is 0 Å². The van der Waals surface area contributed by atoms with Crippen molar-refractivity contribution in [3.05, 3.63) is 64.2 Å². The number of aromatic hydroxyl groups is 1. The lowest BCUT2D eigenvalue weighted by molar-refractivity contribution is -0.137. The third kappa shape index (κ3) is 5.84. The smallest absolute Gasteiger partial charge is 0.417 e. The standard InChI is InChI=1S/C26H26F3N5O4S2/c1-40(37,38)19-4-2-17(21(14-19)26(27,28)29)13-20(16-3-5-22-18(12-16)15-30-32-22)23-24(36)31-25(39-23)34-8-6-33(7-9-34)10-11-35/h2-5,12-15,35-36H,6-11H2,1H3,(H,30,32). The predicted octanol–water partition coefficient (Wildman–Crippen LogP) is 3.85. The molecule has 1 aliphatic heterocycles. The van der Waals surface area contributed by atoms with Gasteiger partial charge in [0, 0.05) is 49.9 Å². The Morgan fingerprint density at radius 1 is 1.15 bits per heavy atom. The molecule has 1 saturated heterocycles. The van der Waals surface area contributed by atoms with E-state index in [1.807, 2.05) is 4.90 Å². The summed E-state index contributed by atoms with van der Waals surface area (Å²) in [5.74, 6) is -0.322. The topological polar surface area (TPSA) is 123 Å². The molecule has 212 valence electrons. The molecular formula is C26H26F3N5O4S2. The SMILES string of the molecule is CS(=O)(=O)c1ccc(C=C(c2ccc3[nH]ncc3c2)c2sc(N3CCN(CCO)CC3)nc2O)c(C(F)(F)F)c1. The van der Waals surface area contributed by atoms with Gasteiger partial charge in [-0.05, 0) is 41.5 Å². The number of benzene rings is 2. The van der Waals surface area contributed by atoms with Gasteiger partial charge in [0.2, 0.25) is 5.88 Å². The van der Waals surface area contributed by atoms with E-state index in [2.05, 4.69) is 20.1 Å². The molecule has 0 atom stereocenters. The maximum absolute atomic E-state index is 14.1. The maximum atomic E-state index is 14.1. The molecule has 3 N–H and O–H groups in total. The molecule has 14 heteroatoms. The maximum Gasteiger partial charge on any atom is 0.417 e. The number of halogens is 3. The van der Waals surface area contributed by atoms with E-state index in [9.17, 15) is 31.8 Å². The number of anilines is 1. The van der Waals surface area contributed by atoms with Crippen LogP contribution in [0.25, 0.3) is 22.6 Å². The van der Waals surface area contributed by atoms with Crippen molar-refractivity contribution in [2.45, 2.75) is 11.1 Å². The minimum Gasteiger partial charge on any atom is -0.492 e. The van der Waals surface area contributed by atoms with Crippen LogP contribution in [0.4, 0.5) is 18.3 Å². The van der Waals surface area contributed by atoms with Gasteiger partial charge in [0.1, 0.15) is 4.88 Å². The van der Waals surface area contributed by atoms with Crippen molar-refractivity contribution in [2.24, 2.45) is 0 Å². The van der Waals surface area contributed by atoms with E-state index in [1.54, 1.807) is 24.4 Å². The number of aromatic nitrogens is 3. The van der Waals surface area contributed by atoms with Crippen molar-refractivity contribution < 1.29 is 31.8 Å². The first-order valence-electron chi connectivity index (χ1n) is 12.3. The fourth-order valence-electron chi connectivity index (χ4n) is 4.60. The molecule has 0 aliphatic carbocycles. The average Bonchev–Trinajstić information content (AvgIpc) is 3.53. The Morgan fingerprint density at radius 3 is 2.58 bits per heavy atom.